The summed E-state index contributed by atoms with van der Waals surface area (Å²) in [5.41, 5.74) is 0.479. The number of hydrogen-bond acceptors (Lipinski definition) is 5. The number of carbonyl (C=O) groups is 2. The second-order valence-electron chi connectivity index (χ2n) is 6.35. The molecule has 5 nitrogen and oxygen atoms in total. The number of ether oxygens (including phenoxy) is 3. The van der Waals surface area contributed by atoms with E-state index in [-0.39, 0.29) is 23.5 Å². The van der Waals surface area contributed by atoms with Crippen molar-refractivity contribution in [3.8, 4) is 5.75 Å². The average molecular weight is 374 g/mol. The van der Waals surface area contributed by atoms with Gasteiger partial charge in [-0.15, -0.1) is 0 Å². The van der Waals surface area contributed by atoms with Gasteiger partial charge in [0.15, 0.2) is 11.6 Å². The molecule has 0 unspecified atom stereocenters. The van der Waals surface area contributed by atoms with Crippen molar-refractivity contribution < 1.29 is 32.6 Å². The summed E-state index contributed by atoms with van der Waals surface area (Å²) in [6.45, 7) is 2.86. The Morgan fingerprint density at radius 2 is 1.74 bits per heavy atom. The number of cyclic esters (lactones) is 2. The van der Waals surface area contributed by atoms with Crippen LogP contribution in [0.2, 0.25) is 0 Å². The summed E-state index contributed by atoms with van der Waals surface area (Å²) in [4.78, 5) is 23.8. The van der Waals surface area contributed by atoms with E-state index in [4.69, 9.17) is 14.2 Å². The standard InChI is InChI=1S/C20H16F2O5/c1-20(2)26-18(23)15(19(24)27-20)9-12-6-7-17(16(22)10-12)25-11-13-4-3-5-14(21)8-13/h3-10H,11H2,1-2H3. The highest BCUT2D eigenvalue weighted by Gasteiger charge is 2.38. The van der Waals surface area contributed by atoms with Crippen LogP contribution in [-0.2, 0) is 25.7 Å². The highest BCUT2D eigenvalue weighted by Crippen LogP contribution is 2.26. The minimum absolute atomic E-state index is 0.0111. The molecule has 2 aromatic carbocycles. The molecule has 3 rings (SSSR count). The molecule has 0 radical (unpaired) electrons. The smallest absolute Gasteiger partial charge is 0.348 e. The van der Waals surface area contributed by atoms with E-state index in [2.05, 4.69) is 0 Å². The third-order valence-electron chi connectivity index (χ3n) is 3.67. The lowest BCUT2D eigenvalue weighted by atomic mass is 10.1. The third-order valence-corrected chi connectivity index (χ3v) is 3.67. The zero-order valence-corrected chi connectivity index (χ0v) is 14.6. The van der Waals surface area contributed by atoms with E-state index in [0.29, 0.717) is 5.56 Å². The van der Waals surface area contributed by atoms with Gasteiger partial charge >= 0.3 is 11.9 Å². The first-order chi connectivity index (χ1) is 12.7. The Balaban J connectivity index is 1.75. The monoisotopic (exact) mass is 374 g/mol. The van der Waals surface area contributed by atoms with Crippen molar-refractivity contribution in [1.29, 1.82) is 0 Å². The Morgan fingerprint density at radius 1 is 1.04 bits per heavy atom. The molecule has 0 saturated carbocycles. The fourth-order valence-corrected chi connectivity index (χ4v) is 2.46. The first-order valence-corrected chi connectivity index (χ1v) is 8.09. The summed E-state index contributed by atoms with van der Waals surface area (Å²) < 4.78 is 42.7. The average Bonchev–Trinajstić information content (AvgIpc) is 2.56. The van der Waals surface area contributed by atoms with Crippen LogP contribution in [0, 0.1) is 11.6 Å². The quantitative estimate of drug-likeness (QED) is 0.463. The summed E-state index contributed by atoms with van der Waals surface area (Å²) in [5.74, 6) is -4.18. The Bertz CT molecular complexity index is 912. The van der Waals surface area contributed by atoms with Gasteiger partial charge in [-0.05, 0) is 41.5 Å². The number of halogens is 2. The van der Waals surface area contributed by atoms with Gasteiger partial charge in [-0.3, -0.25) is 0 Å². The zero-order chi connectivity index (χ0) is 19.6. The minimum Gasteiger partial charge on any atom is -0.486 e. The van der Waals surface area contributed by atoms with Crippen LogP contribution in [0.1, 0.15) is 25.0 Å². The number of rotatable bonds is 4. The number of benzene rings is 2. The van der Waals surface area contributed by atoms with Crippen LogP contribution in [0.25, 0.3) is 6.08 Å². The van der Waals surface area contributed by atoms with Crippen LogP contribution < -0.4 is 4.74 Å². The van der Waals surface area contributed by atoms with E-state index in [0.717, 1.165) is 6.07 Å². The Kier molecular flexibility index (Phi) is 4.94. The summed E-state index contributed by atoms with van der Waals surface area (Å²) in [6.07, 6.45) is 1.18. The van der Waals surface area contributed by atoms with Gasteiger partial charge in [-0.1, -0.05) is 18.2 Å². The van der Waals surface area contributed by atoms with Gasteiger partial charge in [0.25, 0.3) is 5.79 Å². The van der Waals surface area contributed by atoms with Gasteiger partial charge in [0.2, 0.25) is 0 Å². The molecule has 1 saturated heterocycles. The van der Waals surface area contributed by atoms with E-state index in [1.54, 1.807) is 6.07 Å². The Hall–Kier alpha value is -3.22. The van der Waals surface area contributed by atoms with E-state index in [1.165, 1.54) is 50.3 Å². The number of esters is 2. The molecule has 2 aromatic rings. The molecule has 7 heteroatoms. The SMILES string of the molecule is CC1(C)OC(=O)C(=Cc2ccc(OCc3cccc(F)c3)c(F)c2)C(=O)O1. The highest BCUT2D eigenvalue weighted by molar-refractivity contribution is 6.18. The van der Waals surface area contributed by atoms with Crippen LogP contribution in [0.5, 0.6) is 5.75 Å². The lowest BCUT2D eigenvalue weighted by molar-refractivity contribution is -0.222. The maximum Gasteiger partial charge on any atom is 0.348 e. The molecule has 0 bridgehead atoms. The molecule has 1 heterocycles. The maximum absolute atomic E-state index is 14.2. The van der Waals surface area contributed by atoms with Crippen molar-refractivity contribution in [2.24, 2.45) is 0 Å². The predicted molar refractivity (Wildman–Crippen MR) is 91.4 cm³/mol. The maximum atomic E-state index is 14.2. The molecule has 1 fully saturated rings. The van der Waals surface area contributed by atoms with Gasteiger partial charge in [-0.2, -0.15) is 0 Å². The first kappa shape index (κ1) is 18.6. The van der Waals surface area contributed by atoms with Gasteiger partial charge < -0.3 is 14.2 Å². The molecule has 0 aliphatic carbocycles. The molecule has 0 atom stereocenters. The fraction of sp³-hybridized carbons (Fsp3) is 0.200. The van der Waals surface area contributed by atoms with Crippen LogP contribution in [0.3, 0.4) is 0 Å². The summed E-state index contributed by atoms with van der Waals surface area (Å²) in [7, 11) is 0. The normalized spacial score (nSPS) is 15.8. The molecule has 1 aliphatic rings. The van der Waals surface area contributed by atoms with E-state index in [1.807, 2.05) is 0 Å². The molecule has 140 valence electrons. The molecule has 1 aliphatic heterocycles. The summed E-state index contributed by atoms with van der Waals surface area (Å²) >= 11 is 0. The summed E-state index contributed by atoms with van der Waals surface area (Å²) in [5, 5.41) is 0. The molecule has 0 amide bonds. The van der Waals surface area contributed by atoms with Gasteiger partial charge in [0, 0.05) is 13.8 Å². The van der Waals surface area contributed by atoms with Crippen molar-refractivity contribution in [3.05, 3.63) is 70.8 Å². The Morgan fingerprint density at radius 3 is 2.37 bits per heavy atom. The second-order valence-corrected chi connectivity index (χ2v) is 6.35. The highest BCUT2D eigenvalue weighted by atomic mass is 19.1. The molecule has 27 heavy (non-hydrogen) atoms. The number of hydrogen-bond donors (Lipinski definition) is 0. The third kappa shape index (κ3) is 4.49. The minimum atomic E-state index is -1.34. The summed E-state index contributed by atoms with van der Waals surface area (Å²) in [6, 6.07) is 9.70. The van der Waals surface area contributed by atoms with E-state index in [9.17, 15) is 18.4 Å². The number of carbonyl (C=O) groups excluding carboxylic acids is 2. The van der Waals surface area contributed by atoms with Gasteiger partial charge in [-0.25, -0.2) is 18.4 Å². The van der Waals surface area contributed by atoms with E-state index < -0.39 is 29.4 Å². The predicted octanol–water partition coefficient (Wildman–Crippen LogP) is 3.76. The molecular formula is C20H16F2O5. The molecule has 0 spiro atoms. The molecule has 0 aromatic heterocycles. The zero-order valence-electron chi connectivity index (χ0n) is 14.6. The molecular weight excluding hydrogens is 358 g/mol. The van der Waals surface area contributed by atoms with Crippen LogP contribution in [0.15, 0.2) is 48.0 Å². The van der Waals surface area contributed by atoms with Crippen LogP contribution >= 0.6 is 0 Å². The van der Waals surface area contributed by atoms with E-state index >= 15 is 0 Å². The van der Waals surface area contributed by atoms with Crippen molar-refractivity contribution in [3.63, 3.8) is 0 Å². The largest absolute Gasteiger partial charge is 0.486 e. The van der Waals surface area contributed by atoms with Gasteiger partial charge in [0.1, 0.15) is 18.0 Å². The topological polar surface area (TPSA) is 61.8 Å². The fourth-order valence-electron chi connectivity index (χ4n) is 2.46. The first-order valence-electron chi connectivity index (χ1n) is 8.09. The Labute approximate surface area is 154 Å². The van der Waals surface area contributed by atoms with Crippen molar-refractivity contribution in [2.75, 3.05) is 0 Å². The van der Waals surface area contributed by atoms with Gasteiger partial charge in [0.05, 0.1) is 0 Å². The van der Waals surface area contributed by atoms with Crippen molar-refractivity contribution >= 4 is 18.0 Å². The molecule has 0 N–H and O–H groups in total. The second kappa shape index (κ2) is 7.19. The lowest BCUT2D eigenvalue weighted by Gasteiger charge is -2.29. The van der Waals surface area contributed by atoms with Crippen molar-refractivity contribution in [1.82, 2.24) is 0 Å². The van der Waals surface area contributed by atoms with Crippen LogP contribution in [-0.4, -0.2) is 17.7 Å². The van der Waals surface area contributed by atoms with Crippen molar-refractivity contribution in [2.45, 2.75) is 26.2 Å². The lowest BCUT2D eigenvalue weighted by Crippen LogP contribution is -2.41. The van der Waals surface area contributed by atoms with Crippen LogP contribution in [0.4, 0.5) is 8.78 Å².